The molecular weight excluding hydrogens is 426 g/mol. The third-order valence-electron chi connectivity index (χ3n) is 5.98. The lowest BCUT2D eigenvalue weighted by Crippen LogP contribution is -2.48. The van der Waals surface area contributed by atoms with Crippen LogP contribution in [0, 0.1) is 0 Å². The first-order valence-corrected chi connectivity index (χ1v) is 12.4. The maximum atomic E-state index is 12.9. The van der Waals surface area contributed by atoms with Gasteiger partial charge in [-0.3, -0.25) is 9.69 Å². The number of carbonyl (C=O) groups is 1. The van der Waals surface area contributed by atoms with Crippen LogP contribution < -0.4 is 0 Å². The van der Waals surface area contributed by atoms with E-state index in [1.807, 2.05) is 49.3 Å². The quantitative estimate of drug-likeness (QED) is 0.546. The molecule has 0 atom stereocenters. The van der Waals surface area contributed by atoms with E-state index in [2.05, 4.69) is 14.3 Å². The number of carbonyl (C=O) groups excluding carboxylic acids is 1. The van der Waals surface area contributed by atoms with Crippen LogP contribution in [0.1, 0.15) is 29.9 Å². The first-order valence-electron chi connectivity index (χ1n) is 11.0. The fraction of sp³-hybridized carbons (Fsp3) is 0.391. The minimum Gasteiger partial charge on any atom is -0.336 e. The van der Waals surface area contributed by atoms with Crippen molar-refractivity contribution in [1.82, 2.24) is 23.5 Å². The van der Waals surface area contributed by atoms with E-state index in [4.69, 9.17) is 0 Å². The Labute approximate surface area is 189 Å². The van der Waals surface area contributed by atoms with Crippen molar-refractivity contribution in [3.63, 3.8) is 0 Å². The number of fused-ring (bicyclic) bond motifs is 1. The highest BCUT2D eigenvalue weighted by molar-refractivity contribution is 7.89. The minimum absolute atomic E-state index is 0.0637. The number of rotatable bonds is 7. The summed E-state index contributed by atoms with van der Waals surface area (Å²) in [6.07, 6.45) is 3.92. The Morgan fingerprint density at radius 1 is 1.00 bits per heavy atom. The molecule has 1 saturated heterocycles. The van der Waals surface area contributed by atoms with Crippen LogP contribution in [0.2, 0.25) is 0 Å². The van der Waals surface area contributed by atoms with Gasteiger partial charge in [0.05, 0.1) is 16.8 Å². The van der Waals surface area contributed by atoms with E-state index in [1.165, 1.54) is 16.4 Å². The maximum absolute atomic E-state index is 12.9. The van der Waals surface area contributed by atoms with E-state index in [0.717, 1.165) is 31.0 Å². The minimum atomic E-state index is -3.52. The van der Waals surface area contributed by atoms with Gasteiger partial charge in [-0.2, -0.15) is 4.31 Å². The smallest absolute Gasteiger partial charge is 0.253 e. The van der Waals surface area contributed by atoms with E-state index < -0.39 is 10.0 Å². The largest absolute Gasteiger partial charge is 0.336 e. The molecule has 2 aromatic heterocycles. The summed E-state index contributed by atoms with van der Waals surface area (Å²) >= 11 is 0. The van der Waals surface area contributed by atoms with Crippen molar-refractivity contribution in [2.24, 2.45) is 0 Å². The summed E-state index contributed by atoms with van der Waals surface area (Å²) in [4.78, 5) is 21.7. The number of pyridine rings is 1. The molecular formula is C23H29N5O3S. The molecule has 0 saturated carbocycles. The van der Waals surface area contributed by atoms with Crippen LogP contribution in [0.5, 0.6) is 0 Å². The SMILES string of the molecule is CCN(CC)S(=O)(=O)c1ccc(C(=O)N2CCN(Cc3cnc4ccccn34)CC2)cc1. The van der Waals surface area contributed by atoms with Crippen LogP contribution in [0.4, 0.5) is 0 Å². The molecule has 3 aromatic rings. The first-order chi connectivity index (χ1) is 15.4. The zero-order valence-electron chi connectivity index (χ0n) is 18.5. The van der Waals surface area contributed by atoms with E-state index >= 15 is 0 Å². The fourth-order valence-corrected chi connectivity index (χ4v) is 5.56. The zero-order chi connectivity index (χ0) is 22.7. The number of sulfonamides is 1. The molecule has 0 N–H and O–H groups in total. The van der Waals surface area contributed by atoms with Gasteiger partial charge in [0.2, 0.25) is 10.0 Å². The van der Waals surface area contributed by atoms with Gasteiger partial charge in [-0.15, -0.1) is 0 Å². The van der Waals surface area contributed by atoms with Gasteiger partial charge in [-0.25, -0.2) is 13.4 Å². The Morgan fingerprint density at radius 3 is 2.34 bits per heavy atom. The maximum Gasteiger partial charge on any atom is 0.253 e. The van der Waals surface area contributed by atoms with Crippen molar-refractivity contribution in [1.29, 1.82) is 0 Å². The molecule has 9 heteroatoms. The number of hydrogen-bond acceptors (Lipinski definition) is 5. The number of imidazole rings is 1. The molecule has 1 aromatic carbocycles. The van der Waals surface area contributed by atoms with Gasteiger partial charge in [0.1, 0.15) is 5.65 Å². The van der Waals surface area contributed by atoms with E-state index in [0.29, 0.717) is 31.7 Å². The molecule has 1 aliphatic heterocycles. The Balaban J connectivity index is 1.37. The molecule has 0 aliphatic carbocycles. The molecule has 0 unspecified atom stereocenters. The monoisotopic (exact) mass is 455 g/mol. The highest BCUT2D eigenvalue weighted by Crippen LogP contribution is 2.18. The molecule has 1 aliphatic rings. The third-order valence-corrected chi connectivity index (χ3v) is 8.05. The second-order valence-corrected chi connectivity index (χ2v) is 9.80. The summed E-state index contributed by atoms with van der Waals surface area (Å²) in [6.45, 7) is 8.07. The van der Waals surface area contributed by atoms with Crippen LogP contribution in [0.15, 0.2) is 59.8 Å². The average Bonchev–Trinajstić information content (AvgIpc) is 3.22. The van der Waals surface area contributed by atoms with Crippen molar-refractivity contribution >= 4 is 21.6 Å². The molecule has 32 heavy (non-hydrogen) atoms. The van der Waals surface area contributed by atoms with Gasteiger partial charge in [-0.05, 0) is 36.4 Å². The Kier molecular flexibility index (Phi) is 6.59. The summed E-state index contributed by atoms with van der Waals surface area (Å²) in [6, 6.07) is 12.2. The van der Waals surface area contributed by atoms with Gasteiger partial charge in [-0.1, -0.05) is 19.9 Å². The van der Waals surface area contributed by atoms with Gasteiger partial charge in [0.15, 0.2) is 0 Å². The van der Waals surface area contributed by atoms with Gasteiger partial charge < -0.3 is 9.30 Å². The van der Waals surface area contributed by atoms with Crippen LogP contribution in [-0.2, 0) is 16.6 Å². The number of piperazine rings is 1. The summed E-state index contributed by atoms with van der Waals surface area (Å²) < 4.78 is 28.8. The molecule has 0 spiro atoms. The van der Waals surface area contributed by atoms with Crippen LogP contribution in [0.25, 0.3) is 5.65 Å². The molecule has 0 bridgehead atoms. The van der Waals surface area contributed by atoms with Gasteiger partial charge in [0.25, 0.3) is 5.91 Å². The zero-order valence-corrected chi connectivity index (χ0v) is 19.3. The second-order valence-electron chi connectivity index (χ2n) is 7.86. The van der Waals surface area contributed by atoms with Crippen molar-refractivity contribution in [2.45, 2.75) is 25.3 Å². The van der Waals surface area contributed by atoms with Crippen molar-refractivity contribution in [3.05, 3.63) is 66.1 Å². The number of amides is 1. The predicted molar refractivity (Wildman–Crippen MR) is 123 cm³/mol. The Morgan fingerprint density at radius 2 is 1.69 bits per heavy atom. The summed E-state index contributed by atoms with van der Waals surface area (Å²) in [5.41, 5.74) is 2.58. The number of aromatic nitrogens is 2. The Bertz CT molecular complexity index is 1180. The van der Waals surface area contributed by atoms with Crippen LogP contribution in [0.3, 0.4) is 0 Å². The molecule has 3 heterocycles. The van der Waals surface area contributed by atoms with Crippen molar-refractivity contribution in [2.75, 3.05) is 39.3 Å². The van der Waals surface area contributed by atoms with Gasteiger partial charge in [0, 0.05) is 57.6 Å². The lowest BCUT2D eigenvalue weighted by molar-refractivity contribution is 0.0626. The molecule has 170 valence electrons. The standard InChI is InChI=1S/C23H29N5O3S/c1-3-27(4-2)32(30,31)21-10-8-19(9-11-21)23(29)26-15-13-25(14-16-26)18-20-17-24-22-7-5-6-12-28(20)22/h5-12,17H,3-4,13-16,18H2,1-2H3. The molecule has 4 rings (SSSR count). The van der Waals surface area contributed by atoms with Crippen molar-refractivity contribution in [3.8, 4) is 0 Å². The Hall–Kier alpha value is -2.75. The lowest BCUT2D eigenvalue weighted by atomic mass is 10.2. The normalized spacial score (nSPS) is 15.5. The van der Waals surface area contributed by atoms with E-state index in [1.54, 1.807) is 12.1 Å². The number of nitrogens with zero attached hydrogens (tertiary/aromatic N) is 5. The summed E-state index contributed by atoms with van der Waals surface area (Å²) in [5.74, 6) is -0.0637. The van der Waals surface area contributed by atoms with Crippen molar-refractivity contribution < 1.29 is 13.2 Å². The highest BCUT2D eigenvalue weighted by Gasteiger charge is 2.25. The highest BCUT2D eigenvalue weighted by atomic mass is 32.2. The van der Waals surface area contributed by atoms with Gasteiger partial charge >= 0.3 is 0 Å². The fourth-order valence-electron chi connectivity index (χ4n) is 4.10. The predicted octanol–water partition coefficient (Wildman–Crippen LogP) is 2.32. The lowest BCUT2D eigenvalue weighted by Gasteiger charge is -2.34. The molecule has 1 amide bonds. The second kappa shape index (κ2) is 9.40. The number of benzene rings is 1. The molecule has 8 nitrogen and oxygen atoms in total. The van der Waals surface area contributed by atoms with E-state index in [-0.39, 0.29) is 10.8 Å². The van der Waals surface area contributed by atoms with Crippen LogP contribution in [-0.4, -0.2) is 77.1 Å². The van der Waals surface area contributed by atoms with Crippen LogP contribution >= 0.6 is 0 Å². The first kappa shape index (κ1) is 22.4. The average molecular weight is 456 g/mol. The third kappa shape index (κ3) is 4.41. The van der Waals surface area contributed by atoms with E-state index in [9.17, 15) is 13.2 Å². The summed E-state index contributed by atoms with van der Waals surface area (Å²) in [7, 11) is -3.52. The number of hydrogen-bond donors (Lipinski definition) is 0. The topological polar surface area (TPSA) is 78.2 Å². The summed E-state index contributed by atoms with van der Waals surface area (Å²) in [5, 5.41) is 0. The molecule has 1 fully saturated rings. The molecule has 0 radical (unpaired) electrons.